The predicted molar refractivity (Wildman–Crippen MR) is 117 cm³/mol. The Morgan fingerprint density at radius 3 is 2.28 bits per heavy atom. The van der Waals surface area contributed by atoms with Crippen molar-refractivity contribution in [1.82, 2.24) is 9.80 Å². The summed E-state index contributed by atoms with van der Waals surface area (Å²) in [6.07, 6.45) is -0.363. The molecule has 2 aromatic rings. The third-order valence-corrected chi connectivity index (χ3v) is 5.94. The predicted octanol–water partition coefficient (Wildman–Crippen LogP) is 4.39. The molecule has 2 aliphatic rings. The fraction of sp³-hybridized carbons (Fsp3) is 0.400. The van der Waals surface area contributed by atoms with Gasteiger partial charge >= 0.3 is 6.09 Å². The lowest BCUT2D eigenvalue weighted by atomic mass is 9.94. The molecule has 2 heterocycles. The molecule has 1 unspecified atom stereocenters. The summed E-state index contributed by atoms with van der Waals surface area (Å²) in [6, 6.07) is 10.9. The van der Waals surface area contributed by atoms with Gasteiger partial charge in [-0.3, -0.25) is 14.5 Å². The Kier molecular flexibility index (Phi) is 5.53. The summed E-state index contributed by atoms with van der Waals surface area (Å²) < 4.78 is 20.4. The van der Waals surface area contributed by atoms with E-state index >= 15 is 0 Å². The van der Waals surface area contributed by atoms with Crippen molar-refractivity contribution in [3.63, 3.8) is 0 Å². The highest BCUT2D eigenvalue weighted by atomic mass is 19.1. The molecule has 0 aromatic heterocycles. The maximum absolute atomic E-state index is 14.8. The van der Waals surface area contributed by atoms with Gasteiger partial charge in [-0.05, 0) is 62.4 Å². The van der Waals surface area contributed by atoms with Crippen molar-refractivity contribution in [2.75, 3.05) is 13.1 Å². The van der Waals surface area contributed by atoms with Crippen LogP contribution in [-0.2, 0) is 11.2 Å². The second kappa shape index (κ2) is 8.04. The van der Waals surface area contributed by atoms with Gasteiger partial charge in [0, 0.05) is 6.54 Å². The fourth-order valence-corrected chi connectivity index (χ4v) is 4.46. The topological polar surface area (TPSA) is 66.9 Å². The third kappa shape index (κ3) is 3.99. The van der Waals surface area contributed by atoms with Crippen LogP contribution in [0.1, 0.15) is 65.5 Å². The summed E-state index contributed by atoms with van der Waals surface area (Å²) in [5.41, 5.74) is 1.30. The largest absolute Gasteiger partial charge is 0.444 e. The molecule has 3 amide bonds. The quantitative estimate of drug-likeness (QED) is 0.653. The van der Waals surface area contributed by atoms with E-state index in [2.05, 4.69) is 0 Å². The Morgan fingerprint density at radius 2 is 1.69 bits per heavy atom. The van der Waals surface area contributed by atoms with Crippen LogP contribution in [0.25, 0.3) is 0 Å². The molecular weight excluding hydrogens is 411 g/mol. The van der Waals surface area contributed by atoms with E-state index in [1.807, 2.05) is 13.0 Å². The van der Waals surface area contributed by atoms with Crippen molar-refractivity contribution in [3.05, 3.63) is 70.5 Å². The second-order valence-corrected chi connectivity index (χ2v) is 9.47. The second-order valence-electron chi connectivity index (χ2n) is 9.47. The zero-order valence-electron chi connectivity index (χ0n) is 18.7. The van der Waals surface area contributed by atoms with E-state index in [1.165, 1.54) is 6.07 Å². The number of amides is 3. The maximum Gasteiger partial charge on any atom is 0.410 e. The SMILES string of the molecule is CC1CN(C(=O)OC(C)(C)C)[C@H](CN2C(=O)c3ccccc3C2=O)Cc2c(F)cccc21. The summed E-state index contributed by atoms with van der Waals surface area (Å²) in [5, 5.41) is 0. The van der Waals surface area contributed by atoms with Gasteiger partial charge in [0.2, 0.25) is 0 Å². The van der Waals surface area contributed by atoms with Crippen LogP contribution in [0.15, 0.2) is 42.5 Å². The lowest BCUT2D eigenvalue weighted by Crippen LogP contribution is -2.51. The monoisotopic (exact) mass is 438 g/mol. The van der Waals surface area contributed by atoms with Gasteiger partial charge in [-0.2, -0.15) is 0 Å². The average Bonchev–Trinajstić information content (AvgIpc) is 2.86. The minimum Gasteiger partial charge on any atom is -0.444 e. The molecule has 2 aliphatic heterocycles. The van der Waals surface area contributed by atoms with Crippen LogP contribution in [0.5, 0.6) is 0 Å². The van der Waals surface area contributed by atoms with E-state index in [9.17, 15) is 18.8 Å². The van der Waals surface area contributed by atoms with E-state index in [1.54, 1.807) is 56.0 Å². The Labute approximate surface area is 187 Å². The first kappa shape index (κ1) is 22.0. The van der Waals surface area contributed by atoms with Crippen LogP contribution in [-0.4, -0.2) is 52.4 Å². The minimum absolute atomic E-state index is 0.0356. The van der Waals surface area contributed by atoms with Crippen LogP contribution < -0.4 is 0 Å². The summed E-state index contributed by atoms with van der Waals surface area (Å²) >= 11 is 0. The highest BCUT2D eigenvalue weighted by molar-refractivity contribution is 6.21. The van der Waals surface area contributed by atoms with Gasteiger partial charge < -0.3 is 9.64 Å². The van der Waals surface area contributed by atoms with E-state index in [-0.39, 0.29) is 24.7 Å². The van der Waals surface area contributed by atoms with Gasteiger partial charge in [0.1, 0.15) is 11.4 Å². The molecule has 32 heavy (non-hydrogen) atoms. The Hall–Kier alpha value is -3.22. The van der Waals surface area contributed by atoms with E-state index in [0.29, 0.717) is 23.2 Å². The lowest BCUT2D eigenvalue weighted by Gasteiger charge is -2.34. The first-order valence-electron chi connectivity index (χ1n) is 10.8. The third-order valence-electron chi connectivity index (χ3n) is 5.94. The number of ether oxygens (including phenoxy) is 1. The van der Waals surface area contributed by atoms with Crippen LogP contribution >= 0.6 is 0 Å². The summed E-state index contributed by atoms with van der Waals surface area (Å²) in [5.74, 6) is -1.30. The molecule has 6 nitrogen and oxygen atoms in total. The molecule has 168 valence electrons. The van der Waals surface area contributed by atoms with E-state index in [4.69, 9.17) is 4.74 Å². The van der Waals surface area contributed by atoms with Crippen LogP contribution in [0.4, 0.5) is 9.18 Å². The first-order valence-corrected chi connectivity index (χ1v) is 10.8. The molecule has 0 aliphatic carbocycles. The summed E-state index contributed by atoms with van der Waals surface area (Å²) in [7, 11) is 0. The fourth-order valence-electron chi connectivity index (χ4n) is 4.46. The lowest BCUT2D eigenvalue weighted by molar-refractivity contribution is 0.0116. The molecule has 2 aromatic carbocycles. The highest BCUT2D eigenvalue weighted by Crippen LogP contribution is 2.32. The highest BCUT2D eigenvalue weighted by Gasteiger charge is 2.41. The van der Waals surface area contributed by atoms with Crippen molar-refractivity contribution in [3.8, 4) is 0 Å². The number of carbonyl (C=O) groups excluding carboxylic acids is 3. The van der Waals surface area contributed by atoms with Gasteiger partial charge in [0.15, 0.2) is 0 Å². The smallest absolute Gasteiger partial charge is 0.410 e. The van der Waals surface area contributed by atoms with Crippen molar-refractivity contribution in [1.29, 1.82) is 0 Å². The summed E-state index contributed by atoms with van der Waals surface area (Å²) in [6.45, 7) is 7.52. The van der Waals surface area contributed by atoms with E-state index in [0.717, 1.165) is 10.5 Å². The van der Waals surface area contributed by atoms with Crippen molar-refractivity contribution >= 4 is 17.9 Å². The van der Waals surface area contributed by atoms with Crippen molar-refractivity contribution in [2.24, 2.45) is 0 Å². The number of benzene rings is 2. The zero-order chi connectivity index (χ0) is 23.2. The minimum atomic E-state index is -0.717. The standard InChI is InChI=1S/C25H27FN2O4/c1-15-13-27(24(31)32-25(2,3)4)16(12-20-17(15)10-7-11-21(20)26)14-28-22(29)18-8-5-6-9-19(18)23(28)30/h5-11,15-16H,12-14H2,1-4H3/t15?,16-/m0/s1. The molecule has 0 spiro atoms. The van der Waals surface area contributed by atoms with Gasteiger partial charge in [0.05, 0.1) is 23.7 Å². The molecule has 0 saturated carbocycles. The molecule has 0 saturated heterocycles. The van der Waals surface area contributed by atoms with Gasteiger partial charge in [0.25, 0.3) is 11.8 Å². The molecule has 2 atom stereocenters. The summed E-state index contributed by atoms with van der Waals surface area (Å²) in [4.78, 5) is 41.7. The molecule has 0 fully saturated rings. The molecule has 0 N–H and O–H groups in total. The number of hydrogen-bond acceptors (Lipinski definition) is 4. The molecular formula is C25H27FN2O4. The number of hydrogen-bond donors (Lipinski definition) is 0. The molecule has 7 heteroatoms. The molecule has 0 radical (unpaired) electrons. The Balaban J connectivity index is 1.70. The van der Waals surface area contributed by atoms with Gasteiger partial charge in [-0.1, -0.05) is 31.2 Å². The normalized spacial score (nSPS) is 20.7. The molecule has 4 rings (SSSR count). The Bertz CT molecular complexity index is 1060. The van der Waals surface area contributed by atoms with Crippen LogP contribution in [0.2, 0.25) is 0 Å². The Morgan fingerprint density at radius 1 is 1.06 bits per heavy atom. The number of rotatable bonds is 2. The van der Waals surface area contributed by atoms with Crippen LogP contribution in [0.3, 0.4) is 0 Å². The van der Waals surface area contributed by atoms with Crippen LogP contribution in [0, 0.1) is 5.82 Å². The van der Waals surface area contributed by atoms with Crippen molar-refractivity contribution < 1.29 is 23.5 Å². The number of imide groups is 1. The molecule has 0 bridgehead atoms. The van der Waals surface area contributed by atoms with E-state index < -0.39 is 29.6 Å². The van der Waals surface area contributed by atoms with Crippen molar-refractivity contribution in [2.45, 2.75) is 51.7 Å². The number of carbonyl (C=O) groups is 3. The number of halogens is 1. The average molecular weight is 438 g/mol. The maximum atomic E-state index is 14.8. The van der Waals surface area contributed by atoms with Gasteiger partial charge in [-0.15, -0.1) is 0 Å². The number of nitrogens with zero attached hydrogens (tertiary/aromatic N) is 2. The van der Waals surface area contributed by atoms with Gasteiger partial charge in [-0.25, -0.2) is 9.18 Å². The number of fused-ring (bicyclic) bond motifs is 2. The zero-order valence-corrected chi connectivity index (χ0v) is 18.7. The first-order chi connectivity index (χ1) is 15.1.